The summed E-state index contributed by atoms with van der Waals surface area (Å²) in [4.78, 5) is 26.3. The van der Waals surface area contributed by atoms with E-state index in [4.69, 9.17) is 0 Å². The first-order valence-electron chi connectivity index (χ1n) is 11.2. The Morgan fingerprint density at radius 1 is 0.545 bits per heavy atom. The molecule has 0 spiro atoms. The van der Waals surface area contributed by atoms with Crippen LogP contribution in [0.2, 0.25) is 0 Å². The van der Waals surface area contributed by atoms with Crippen LogP contribution in [0.1, 0.15) is 30.1 Å². The van der Waals surface area contributed by atoms with Gasteiger partial charge in [0.25, 0.3) is 0 Å². The second-order valence-corrected chi connectivity index (χ2v) is 11.5. The summed E-state index contributed by atoms with van der Waals surface area (Å²) in [5.74, 6) is 0.0994. The Hall–Kier alpha value is -3.48. The minimum atomic E-state index is -2.53. The maximum absolute atomic E-state index is 14.2. The van der Waals surface area contributed by atoms with Gasteiger partial charge in [-0.25, -0.2) is 0 Å². The van der Waals surface area contributed by atoms with E-state index in [1.54, 1.807) is 6.92 Å². The number of benzene rings is 4. The van der Waals surface area contributed by atoms with E-state index in [1.165, 1.54) is 0 Å². The highest BCUT2D eigenvalue weighted by atomic mass is 31.2. The Kier molecular flexibility index (Phi) is 7.17. The zero-order valence-corrected chi connectivity index (χ0v) is 19.6. The van der Waals surface area contributed by atoms with Crippen molar-refractivity contribution in [3.8, 4) is 0 Å². The van der Waals surface area contributed by atoms with Crippen LogP contribution < -0.4 is 15.9 Å². The van der Waals surface area contributed by atoms with Gasteiger partial charge in [0.1, 0.15) is 5.78 Å². The Labute approximate surface area is 195 Å². The smallest absolute Gasteiger partial charge is 0.190 e. The van der Waals surface area contributed by atoms with Crippen molar-refractivity contribution in [2.75, 3.05) is 0 Å². The standard InChI is InChI=1S/C30H27O2P/c1-24(31)22-23-29(30(32)25-14-6-2-7-15-25)33(26-16-8-3-9-17-26,27-18-10-4-11-19-27)28-20-12-5-13-21-28/h2-21H,22-23H2,1H3. The number of hydrogen-bond donors (Lipinski definition) is 0. The van der Waals surface area contributed by atoms with Crippen LogP contribution in [-0.2, 0) is 4.79 Å². The van der Waals surface area contributed by atoms with Gasteiger partial charge in [-0.3, -0.25) is 4.79 Å². The fourth-order valence-corrected chi connectivity index (χ4v) is 8.92. The third-order valence-electron chi connectivity index (χ3n) is 5.85. The van der Waals surface area contributed by atoms with Gasteiger partial charge in [-0.2, -0.15) is 0 Å². The molecule has 0 atom stereocenters. The lowest BCUT2D eigenvalue weighted by Crippen LogP contribution is -2.34. The molecule has 3 heteroatoms. The monoisotopic (exact) mass is 450 g/mol. The lowest BCUT2D eigenvalue weighted by atomic mass is 10.0. The molecule has 0 radical (unpaired) electrons. The molecule has 0 aliphatic carbocycles. The molecule has 33 heavy (non-hydrogen) atoms. The number of ketones is 2. The van der Waals surface area contributed by atoms with Crippen LogP contribution in [0.4, 0.5) is 0 Å². The van der Waals surface area contributed by atoms with E-state index in [9.17, 15) is 9.59 Å². The number of rotatable bonds is 8. The molecule has 164 valence electrons. The molecule has 0 aliphatic heterocycles. The van der Waals surface area contributed by atoms with E-state index >= 15 is 0 Å². The normalized spacial score (nSPS) is 11.1. The number of Topliss-reactive ketones (excluding diaryl/α,β-unsaturated/α-hetero) is 2. The lowest BCUT2D eigenvalue weighted by Gasteiger charge is -2.32. The number of carbonyl (C=O) groups excluding carboxylic acids is 2. The first-order chi connectivity index (χ1) is 16.1. The van der Waals surface area contributed by atoms with Gasteiger partial charge in [0, 0.05) is 17.3 Å². The van der Waals surface area contributed by atoms with Crippen LogP contribution in [0, 0.1) is 0 Å². The van der Waals surface area contributed by atoms with Crippen molar-refractivity contribution in [3.05, 3.63) is 127 Å². The molecule has 0 amide bonds. The molecule has 4 aromatic carbocycles. The third-order valence-corrected chi connectivity index (χ3v) is 10.3. The molecular weight excluding hydrogens is 423 g/mol. The van der Waals surface area contributed by atoms with Gasteiger partial charge in [0.15, 0.2) is 5.78 Å². The van der Waals surface area contributed by atoms with Crippen LogP contribution in [0.3, 0.4) is 0 Å². The molecular formula is C30H27O2P. The minimum Gasteiger partial charge on any atom is -0.300 e. The maximum atomic E-state index is 14.2. The highest BCUT2D eigenvalue weighted by molar-refractivity contribution is 7.96. The van der Waals surface area contributed by atoms with Crippen molar-refractivity contribution < 1.29 is 9.59 Å². The molecule has 0 saturated carbocycles. The van der Waals surface area contributed by atoms with Gasteiger partial charge in [-0.15, -0.1) is 0 Å². The van der Waals surface area contributed by atoms with Gasteiger partial charge in [-0.05, 0) is 36.1 Å². The van der Waals surface area contributed by atoms with Crippen molar-refractivity contribution in [2.45, 2.75) is 19.8 Å². The van der Waals surface area contributed by atoms with E-state index in [2.05, 4.69) is 36.4 Å². The third kappa shape index (κ3) is 4.67. The van der Waals surface area contributed by atoms with Crippen LogP contribution in [0.5, 0.6) is 0 Å². The minimum absolute atomic E-state index is 0.0155. The summed E-state index contributed by atoms with van der Waals surface area (Å²) >= 11 is 0. The van der Waals surface area contributed by atoms with Crippen molar-refractivity contribution >= 4 is 39.7 Å². The zero-order valence-electron chi connectivity index (χ0n) is 18.7. The Morgan fingerprint density at radius 3 is 1.27 bits per heavy atom. The van der Waals surface area contributed by atoms with E-state index in [0.717, 1.165) is 21.2 Å². The second-order valence-electron chi connectivity index (χ2n) is 8.02. The first kappa shape index (κ1) is 22.7. The fourth-order valence-electron chi connectivity index (χ4n) is 4.35. The van der Waals surface area contributed by atoms with Crippen LogP contribution in [0.15, 0.2) is 121 Å². The summed E-state index contributed by atoms with van der Waals surface area (Å²) in [6.07, 6.45) is 0.762. The number of carbonyl (C=O) groups is 2. The van der Waals surface area contributed by atoms with Crippen molar-refractivity contribution in [1.82, 2.24) is 0 Å². The molecule has 0 saturated heterocycles. The lowest BCUT2D eigenvalue weighted by molar-refractivity contribution is -0.116. The zero-order chi connectivity index (χ0) is 23.1. The molecule has 0 aliphatic rings. The van der Waals surface area contributed by atoms with Crippen LogP contribution in [0.25, 0.3) is 0 Å². The van der Waals surface area contributed by atoms with E-state index in [-0.39, 0.29) is 11.6 Å². The van der Waals surface area contributed by atoms with Gasteiger partial charge < -0.3 is 4.79 Å². The molecule has 4 rings (SSSR count). The quantitative estimate of drug-likeness (QED) is 0.266. The van der Waals surface area contributed by atoms with Gasteiger partial charge in [0.05, 0.1) is 0 Å². The summed E-state index contributed by atoms with van der Waals surface area (Å²) in [7, 11) is 0. The average Bonchev–Trinajstić information content (AvgIpc) is 2.88. The second kappa shape index (κ2) is 10.4. The Bertz CT molecular complexity index is 1180. The highest BCUT2D eigenvalue weighted by Gasteiger charge is 2.33. The van der Waals surface area contributed by atoms with Crippen molar-refractivity contribution in [1.29, 1.82) is 0 Å². The predicted molar refractivity (Wildman–Crippen MR) is 141 cm³/mol. The molecule has 2 nitrogen and oxygen atoms in total. The molecule has 0 N–H and O–H groups in total. The summed E-state index contributed by atoms with van der Waals surface area (Å²) in [6.45, 7) is -0.931. The summed E-state index contributed by atoms with van der Waals surface area (Å²) in [5.41, 5.74) is 0.656. The van der Waals surface area contributed by atoms with Gasteiger partial charge in [0.2, 0.25) is 0 Å². The summed E-state index contributed by atoms with van der Waals surface area (Å²) in [5, 5.41) is 4.16. The van der Waals surface area contributed by atoms with Gasteiger partial charge in [-0.1, -0.05) is 121 Å². The SMILES string of the molecule is CC(=O)CCC(C(=O)c1ccccc1)=P(c1ccccc1)(c1ccccc1)c1ccccc1. The van der Waals surface area contributed by atoms with Crippen LogP contribution in [-0.4, -0.2) is 16.9 Å². The van der Waals surface area contributed by atoms with E-state index in [0.29, 0.717) is 18.4 Å². The Balaban J connectivity index is 2.20. The summed E-state index contributed by atoms with van der Waals surface area (Å²) in [6, 6.07) is 40.4. The molecule has 0 unspecified atom stereocenters. The van der Waals surface area contributed by atoms with E-state index < -0.39 is 6.89 Å². The maximum Gasteiger partial charge on any atom is 0.190 e. The Morgan fingerprint density at radius 2 is 0.909 bits per heavy atom. The fraction of sp³-hybridized carbons (Fsp3) is 0.100. The van der Waals surface area contributed by atoms with Gasteiger partial charge >= 0.3 is 0 Å². The highest BCUT2D eigenvalue weighted by Crippen LogP contribution is 2.47. The molecule has 4 aromatic rings. The largest absolute Gasteiger partial charge is 0.300 e. The molecule has 0 aromatic heterocycles. The average molecular weight is 451 g/mol. The number of hydrogen-bond acceptors (Lipinski definition) is 2. The first-order valence-corrected chi connectivity index (χ1v) is 12.9. The topological polar surface area (TPSA) is 34.1 Å². The summed E-state index contributed by atoms with van der Waals surface area (Å²) < 4.78 is 0. The van der Waals surface area contributed by atoms with E-state index in [1.807, 2.05) is 84.9 Å². The van der Waals surface area contributed by atoms with Crippen molar-refractivity contribution in [2.24, 2.45) is 0 Å². The molecule has 0 fully saturated rings. The van der Waals surface area contributed by atoms with Crippen molar-refractivity contribution in [3.63, 3.8) is 0 Å². The predicted octanol–water partition coefficient (Wildman–Crippen LogP) is 5.41. The molecule has 0 bridgehead atoms. The van der Waals surface area contributed by atoms with Crippen LogP contribution >= 0.6 is 6.89 Å². The molecule has 0 heterocycles.